The minimum atomic E-state index is -1.71. The molecule has 0 aromatic heterocycles. The van der Waals surface area contributed by atoms with E-state index in [4.69, 9.17) is 37.9 Å². The van der Waals surface area contributed by atoms with Gasteiger partial charge in [-0.15, -0.1) is 0 Å². The lowest BCUT2D eigenvalue weighted by Crippen LogP contribution is -2.66. The van der Waals surface area contributed by atoms with Crippen molar-refractivity contribution in [3.05, 3.63) is 11.6 Å². The molecule has 0 bridgehead atoms. The molecule has 61 heavy (non-hydrogen) atoms. The van der Waals surface area contributed by atoms with Crippen molar-refractivity contribution in [2.75, 3.05) is 13.2 Å². The van der Waals surface area contributed by atoms with Gasteiger partial charge in [-0.1, -0.05) is 39.3 Å². The van der Waals surface area contributed by atoms with E-state index >= 15 is 0 Å². The zero-order valence-electron chi connectivity index (χ0n) is 36.5. The van der Waals surface area contributed by atoms with Crippen molar-refractivity contribution in [3.8, 4) is 0 Å². The van der Waals surface area contributed by atoms with Crippen LogP contribution in [0.3, 0.4) is 0 Å². The van der Waals surface area contributed by atoms with Crippen LogP contribution in [0.5, 0.6) is 0 Å². The van der Waals surface area contributed by atoms with E-state index in [1.54, 1.807) is 0 Å². The Morgan fingerprint density at radius 1 is 0.689 bits per heavy atom. The van der Waals surface area contributed by atoms with Crippen LogP contribution in [0.4, 0.5) is 0 Å². The van der Waals surface area contributed by atoms with Gasteiger partial charge < -0.3 is 78.7 Å². The zero-order valence-corrected chi connectivity index (χ0v) is 36.5. The Labute approximate surface area is 358 Å². The quantitative estimate of drug-likeness (QED) is 0.168. The smallest absolute Gasteiger partial charge is 0.187 e. The summed E-state index contributed by atoms with van der Waals surface area (Å²) < 4.78 is 50.1. The summed E-state index contributed by atoms with van der Waals surface area (Å²) in [5, 5.41) is 85.9. The van der Waals surface area contributed by atoms with Crippen molar-refractivity contribution in [1.82, 2.24) is 0 Å². The van der Waals surface area contributed by atoms with Crippen molar-refractivity contribution in [2.24, 2.45) is 46.3 Å². The highest BCUT2D eigenvalue weighted by molar-refractivity contribution is 5.26. The Morgan fingerprint density at radius 3 is 1.97 bits per heavy atom. The van der Waals surface area contributed by atoms with E-state index in [0.29, 0.717) is 48.3 Å². The Kier molecular flexibility index (Phi) is 12.4. The van der Waals surface area contributed by atoms with Gasteiger partial charge in [-0.2, -0.15) is 0 Å². The lowest BCUT2D eigenvalue weighted by Gasteiger charge is -2.58. The molecule has 8 fully saturated rings. The van der Waals surface area contributed by atoms with Crippen LogP contribution in [0.2, 0.25) is 0 Å². The van der Waals surface area contributed by atoms with Gasteiger partial charge in [0.15, 0.2) is 24.7 Å². The number of ether oxygens (including phenoxy) is 8. The molecular weight excluding hydrogens is 796 g/mol. The first-order chi connectivity index (χ1) is 28.9. The van der Waals surface area contributed by atoms with E-state index in [1.807, 2.05) is 0 Å². The summed E-state index contributed by atoms with van der Waals surface area (Å²) in [5.74, 6) is 2.64. The zero-order chi connectivity index (χ0) is 43.5. The first-order valence-corrected chi connectivity index (χ1v) is 23.2. The summed E-state index contributed by atoms with van der Waals surface area (Å²) in [6, 6.07) is 0. The number of aliphatic hydroxyl groups is 8. The van der Waals surface area contributed by atoms with Gasteiger partial charge in [0.2, 0.25) is 0 Å². The maximum Gasteiger partial charge on any atom is 0.187 e. The molecule has 0 amide bonds. The van der Waals surface area contributed by atoms with Crippen molar-refractivity contribution in [3.63, 3.8) is 0 Å². The van der Waals surface area contributed by atoms with Crippen LogP contribution in [0, 0.1) is 46.3 Å². The van der Waals surface area contributed by atoms with Crippen molar-refractivity contribution < 1.29 is 78.7 Å². The number of rotatable bonds is 7. The van der Waals surface area contributed by atoms with Gasteiger partial charge in [-0.05, 0) is 106 Å². The van der Waals surface area contributed by atoms with E-state index < -0.39 is 105 Å². The summed E-state index contributed by atoms with van der Waals surface area (Å²) >= 11 is 0. The number of hydrogen-bond acceptors (Lipinski definition) is 16. The average molecular weight is 869 g/mol. The fraction of sp³-hybridized carbons (Fsp3) is 0.956. The summed E-state index contributed by atoms with van der Waals surface area (Å²) in [6.07, 6.45) is -10.4. The van der Waals surface area contributed by atoms with Crippen LogP contribution in [0.1, 0.15) is 99.3 Å². The summed E-state index contributed by atoms with van der Waals surface area (Å²) in [6.45, 7) is 12.7. The molecule has 9 rings (SSSR count). The number of allylic oxidation sites excluding steroid dienone is 1. The molecule has 7 unspecified atom stereocenters. The lowest BCUT2D eigenvalue weighted by molar-refractivity contribution is -0.388. The van der Waals surface area contributed by atoms with E-state index in [2.05, 4.69) is 33.8 Å². The maximum atomic E-state index is 12.0. The first kappa shape index (κ1) is 45.3. The van der Waals surface area contributed by atoms with Gasteiger partial charge >= 0.3 is 0 Å². The predicted octanol–water partition coefficient (Wildman–Crippen LogP) is 1.24. The van der Waals surface area contributed by atoms with Crippen LogP contribution < -0.4 is 0 Å². The second-order valence-corrected chi connectivity index (χ2v) is 21.1. The molecule has 8 N–H and O–H groups in total. The van der Waals surface area contributed by atoms with Crippen LogP contribution in [0.15, 0.2) is 11.6 Å². The molecule has 0 aromatic carbocycles. The summed E-state index contributed by atoms with van der Waals surface area (Å²) in [7, 11) is 0. The minimum absolute atomic E-state index is 0.0171. The Hall–Kier alpha value is -0.900. The molecule has 0 radical (unpaired) electrons. The van der Waals surface area contributed by atoms with Crippen LogP contribution in [0.25, 0.3) is 0 Å². The highest BCUT2D eigenvalue weighted by Gasteiger charge is 2.69. The first-order valence-electron chi connectivity index (χ1n) is 23.2. The van der Waals surface area contributed by atoms with E-state index in [0.717, 1.165) is 45.1 Å². The molecule has 16 nitrogen and oxygen atoms in total. The molecule has 5 saturated heterocycles. The monoisotopic (exact) mass is 868 g/mol. The molecule has 348 valence electrons. The Morgan fingerprint density at radius 2 is 1.34 bits per heavy atom. The molecule has 5 aliphatic heterocycles. The fourth-order valence-corrected chi connectivity index (χ4v) is 14.0. The van der Waals surface area contributed by atoms with Crippen molar-refractivity contribution >= 4 is 0 Å². The summed E-state index contributed by atoms with van der Waals surface area (Å²) in [4.78, 5) is 0. The Balaban J connectivity index is 0.916. The van der Waals surface area contributed by atoms with Gasteiger partial charge in [0.05, 0.1) is 37.6 Å². The SMILES string of the molecule is CC1C2C(CC3C4CC=C5C[C@@H](O[C@@H]6O[C@H](CO)[C@@H](O[C@@H]7O[C@H](C)[C@H](O)[C@@H](O)[C@H]7O)[C@@H](O)[C@H]6O[C@@H]6O[C@H](C)[C@H](O)[C@@H](O)[C@H]6O)CC[C@]5(C)C4CC[C@@]32C)OC12CC[C@H](C)CO2. The van der Waals surface area contributed by atoms with Crippen molar-refractivity contribution in [1.29, 1.82) is 0 Å². The standard InChI is InChI=1S/C45H72O16/c1-19-9-14-45(54-18-19)20(2)30-28(61-45)16-27-25-8-7-23-15-24(10-12-43(23,5)26(25)11-13-44(27,30)6)57-42-39(60-41-36(52)34(50)32(48)22(4)56-41)37(53)38(29(17-46)58-42)59-40-35(51)33(49)31(47)21(3)55-40/h7,19-22,24-42,46-53H,8-18H2,1-6H3/t19-,20?,21+,22+,24-,25?,26?,27?,28?,29+,30?,31-,32-,33+,34+,35+,36+,37+,38+,39+,40-,41-,42+,43-,44-,45?/m0/s1. The maximum absolute atomic E-state index is 12.0. The van der Waals surface area contributed by atoms with Crippen LogP contribution >= 0.6 is 0 Å². The van der Waals surface area contributed by atoms with Gasteiger partial charge in [-0.3, -0.25) is 0 Å². The molecular formula is C45H72O16. The molecule has 16 heteroatoms. The topological polar surface area (TPSA) is 236 Å². The number of aliphatic hydroxyl groups excluding tert-OH is 8. The molecule has 5 heterocycles. The van der Waals surface area contributed by atoms with Gasteiger partial charge in [0.25, 0.3) is 0 Å². The van der Waals surface area contributed by atoms with E-state index in [-0.39, 0.29) is 23.0 Å². The largest absolute Gasteiger partial charge is 0.394 e. The van der Waals surface area contributed by atoms with Crippen molar-refractivity contribution in [2.45, 2.75) is 209 Å². The highest BCUT2D eigenvalue weighted by Crippen LogP contribution is 2.70. The molecule has 3 saturated carbocycles. The van der Waals surface area contributed by atoms with Gasteiger partial charge in [-0.25, -0.2) is 0 Å². The van der Waals surface area contributed by atoms with Crippen LogP contribution in [-0.4, -0.2) is 164 Å². The third kappa shape index (κ3) is 7.42. The molecule has 9 aliphatic rings. The predicted molar refractivity (Wildman–Crippen MR) is 213 cm³/mol. The lowest BCUT2D eigenvalue weighted by atomic mass is 9.47. The minimum Gasteiger partial charge on any atom is -0.394 e. The average Bonchev–Trinajstić information content (AvgIpc) is 3.69. The second-order valence-electron chi connectivity index (χ2n) is 21.1. The van der Waals surface area contributed by atoms with E-state index in [1.165, 1.54) is 25.8 Å². The van der Waals surface area contributed by atoms with Gasteiger partial charge in [0, 0.05) is 12.3 Å². The molecule has 4 aliphatic carbocycles. The number of fused-ring (bicyclic) bond motifs is 7. The second kappa shape index (κ2) is 16.8. The van der Waals surface area contributed by atoms with E-state index in [9.17, 15) is 40.9 Å². The molecule has 0 aromatic rings. The third-order valence-electron chi connectivity index (χ3n) is 17.6. The number of hydrogen-bond donors (Lipinski definition) is 8. The third-order valence-corrected chi connectivity index (χ3v) is 17.6. The molecule has 1 spiro atoms. The fourth-order valence-electron chi connectivity index (χ4n) is 14.0. The highest BCUT2D eigenvalue weighted by atomic mass is 16.8. The summed E-state index contributed by atoms with van der Waals surface area (Å²) in [5.41, 5.74) is 1.53. The van der Waals surface area contributed by atoms with Gasteiger partial charge in [0.1, 0.15) is 61.0 Å². The normalized spacial score (nSPS) is 58.4. The molecule has 26 atom stereocenters. The van der Waals surface area contributed by atoms with Crippen LogP contribution in [-0.2, 0) is 37.9 Å². The Bertz CT molecular complexity index is 1590.